The lowest BCUT2D eigenvalue weighted by Gasteiger charge is -2.36. The molecule has 0 radical (unpaired) electrons. The van der Waals surface area contributed by atoms with Gasteiger partial charge in [0, 0.05) is 12.6 Å². The summed E-state index contributed by atoms with van der Waals surface area (Å²) in [4.78, 5) is 107. The summed E-state index contributed by atoms with van der Waals surface area (Å²) in [6.07, 6.45) is 7.46. The number of benzene rings is 1. The second kappa shape index (κ2) is 22.0. The summed E-state index contributed by atoms with van der Waals surface area (Å²) < 4.78 is 4.90. The molecule has 1 aromatic carbocycles. The van der Waals surface area contributed by atoms with Crippen LogP contribution in [0.3, 0.4) is 0 Å². The number of primary amides is 1. The van der Waals surface area contributed by atoms with E-state index >= 15 is 0 Å². The van der Waals surface area contributed by atoms with Crippen molar-refractivity contribution < 1.29 is 48.2 Å². The summed E-state index contributed by atoms with van der Waals surface area (Å²) in [6, 6.07) is -0.0319. The van der Waals surface area contributed by atoms with E-state index in [1.807, 2.05) is 13.8 Å². The number of nitrogens with zero attached hydrogens (tertiary/aromatic N) is 1. The highest BCUT2D eigenvalue weighted by Gasteiger charge is 2.44. The van der Waals surface area contributed by atoms with Crippen molar-refractivity contribution in [3.8, 4) is 0 Å². The average molecular weight is 823 g/mol. The Morgan fingerprint density at radius 1 is 0.932 bits per heavy atom. The Morgan fingerprint density at radius 3 is 2.14 bits per heavy atom. The van der Waals surface area contributed by atoms with Crippen LogP contribution in [0.15, 0.2) is 48.6 Å². The first-order valence-electron chi connectivity index (χ1n) is 20.4. The van der Waals surface area contributed by atoms with E-state index in [2.05, 4.69) is 27.8 Å². The summed E-state index contributed by atoms with van der Waals surface area (Å²) in [7, 11) is 0. The molecule has 0 bridgehead atoms. The Labute approximate surface area is 346 Å². The highest BCUT2D eigenvalue weighted by atomic mass is 16.5. The first-order chi connectivity index (χ1) is 27.7. The summed E-state index contributed by atoms with van der Waals surface area (Å²) in [5, 5.41) is 20.7. The summed E-state index contributed by atoms with van der Waals surface area (Å²) in [5.74, 6) is -6.09. The zero-order chi connectivity index (χ0) is 44.0. The number of carbonyl (C=O) groups excluding carboxylic acids is 7. The molecule has 1 aliphatic carbocycles. The fourth-order valence-corrected chi connectivity index (χ4v) is 7.44. The van der Waals surface area contributed by atoms with Crippen LogP contribution in [0.4, 0.5) is 0 Å². The molecule has 0 spiro atoms. The zero-order valence-electron chi connectivity index (χ0n) is 35.1. The van der Waals surface area contributed by atoms with Gasteiger partial charge < -0.3 is 41.7 Å². The maximum atomic E-state index is 14.5. The molecular formula is C43H62N6O10. The van der Waals surface area contributed by atoms with Crippen molar-refractivity contribution in [3.05, 3.63) is 59.7 Å². The molecule has 2 fully saturated rings. The van der Waals surface area contributed by atoms with E-state index in [1.54, 1.807) is 27.7 Å². The molecule has 16 nitrogen and oxygen atoms in total. The fourth-order valence-electron chi connectivity index (χ4n) is 7.44. The number of hydrogen-bond acceptors (Lipinski definition) is 9. The summed E-state index contributed by atoms with van der Waals surface area (Å²) in [6.45, 7) is 14.8. The lowest BCUT2D eigenvalue weighted by atomic mass is 9.83. The minimum absolute atomic E-state index is 0.00334. The number of carbonyl (C=O) groups is 8. The number of allylic oxidation sites excluding steroid dienone is 1. The number of likely N-dealkylation sites (tertiary alicyclic amines) is 1. The predicted octanol–water partition coefficient (Wildman–Crippen LogP) is 3.15. The number of carboxylic acids is 1. The second-order valence-electron chi connectivity index (χ2n) is 16.8. The minimum atomic E-state index is -1.34. The van der Waals surface area contributed by atoms with Crippen LogP contribution in [-0.4, -0.2) is 101 Å². The SMILES string of the molecule is C=C1C[C@@H](C(=O)N[C@@H](CC(C)C)C(=O)N[C@H](C(N)=O)C2CCCCC2)N(C(=O)[C@@H](NC(=O)[C@H](CC/C=C/C(=O)OCC)NC(=O)c2ccccc2C(=O)O)C(C)(C)C)C1. The maximum Gasteiger partial charge on any atom is 0.336 e. The van der Waals surface area contributed by atoms with E-state index < -0.39 is 83.0 Å². The lowest BCUT2D eigenvalue weighted by molar-refractivity contribution is -0.144. The third-order valence-corrected chi connectivity index (χ3v) is 10.5. The van der Waals surface area contributed by atoms with Gasteiger partial charge in [0.05, 0.1) is 17.7 Å². The molecule has 59 heavy (non-hydrogen) atoms. The zero-order valence-corrected chi connectivity index (χ0v) is 35.1. The van der Waals surface area contributed by atoms with Gasteiger partial charge in [-0.05, 0) is 74.8 Å². The molecule has 1 saturated carbocycles. The van der Waals surface area contributed by atoms with Crippen LogP contribution in [0.5, 0.6) is 0 Å². The van der Waals surface area contributed by atoms with Crippen LogP contribution in [0.1, 0.15) is 120 Å². The number of esters is 1. The molecule has 7 N–H and O–H groups in total. The molecular weight excluding hydrogens is 761 g/mol. The molecule has 0 unspecified atom stereocenters. The quantitative estimate of drug-likeness (QED) is 0.0677. The van der Waals surface area contributed by atoms with Gasteiger partial charge in [-0.25, -0.2) is 9.59 Å². The van der Waals surface area contributed by atoms with E-state index in [-0.39, 0.29) is 61.8 Å². The molecule has 1 saturated heterocycles. The van der Waals surface area contributed by atoms with Gasteiger partial charge in [-0.1, -0.05) is 84.2 Å². The topological polar surface area (TPSA) is 243 Å². The van der Waals surface area contributed by atoms with Crippen LogP contribution in [0.2, 0.25) is 0 Å². The van der Waals surface area contributed by atoms with Crippen LogP contribution in [0, 0.1) is 17.3 Å². The highest BCUT2D eigenvalue weighted by molar-refractivity contribution is 6.06. The van der Waals surface area contributed by atoms with Crippen LogP contribution < -0.4 is 27.0 Å². The van der Waals surface area contributed by atoms with Crippen molar-refractivity contribution in [1.29, 1.82) is 0 Å². The van der Waals surface area contributed by atoms with E-state index in [4.69, 9.17) is 10.5 Å². The smallest absolute Gasteiger partial charge is 0.336 e. The summed E-state index contributed by atoms with van der Waals surface area (Å²) in [5.41, 5.74) is 4.91. The van der Waals surface area contributed by atoms with Gasteiger partial charge in [0.1, 0.15) is 30.2 Å². The van der Waals surface area contributed by atoms with Crippen molar-refractivity contribution in [3.63, 3.8) is 0 Å². The number of carboxylic acid groups (broad SMARTS) is 1. The molecule has 5 atom stereocenters. The molecule has 1 aliphatic heterocycles. The molecule has 6 amide bonds. The molecule has 324 valence electrons. The third kappa shape index (κ3) is 14.1. The Kier molecular flexibility index (Phi) is 17.8. The predicted molar refractivity (Wildman–Crippen MR) is 219 cm³/mol. The lowest BCUT2D eigenvalue weighted by Crippen LogP contribution is -2.61. The Hall–Kier alpha value is -5.54. The van der Waals surface area contributed by atoms with Crippen molar-refractivity contribution in [2.45, 2.75) is 130 Å². The van der Waals surface area contributed by atoms with Gasteiger partial charge in [0.25, 0.3) is 5.91 Å². The van der Waals surface area contributed by atoms with Crippen molar-refractivity contribution in [2.75, 3.05) is 13.2 Å². The van der Waals surface area contributed by atoms with E-state index in [0.29, 0.717) is 5.57 Å². The van der Waals surface area contributed by atoms with Crippen LogP contribution >= 0.6 is 0 Å². The monoisotopic (exact) mass is 822 g/mol. The summed E-state index contributed by atoms with van der Waals surface area (Å²) >= 11 is 0. The highest BCUT2D eigenvalue weighted by Crippen LogP contribution is 2.29. The fraction of sp³-hybridized carbons (Fsp3) is 0.581. The van der Waals surface area contributed by atoms with Gasteiger partial charge >= 0.3 is 11.9 Å². The Balaban J connectivity index is 1.87. The first kappa shape index (κ1) is 47.8. The number of aromatic carboxylic acids is 1. The maximum absolute atomic E-state index is 14.5. The molecule has 2 aliphatic rings. The molecule has 1 aromatic rings. The molecule has 3 rings (SSSR count). The Morgan fingerprint density at radius 2 is 1.56 bits per heavy atom. The van der Waals surface area contributed by atoms with E-state index in [9.17, 15) is 43.5 Å². The Bertz CT molecular complexity index is 1760. The molecule has 0 aromatic heterocycles. The van der Waals surface area contributed by atoms with Gasteiger partial charge in [-0.15, -0.1) is 0 Å². The number of nitrogens with one attached hydrogen (secondary N) is 4. The number of ether oxygens (including phenoxy) is 1. The van der Waals surface area contributed by atoms with Crippen molar-refractivity contribution in [1.82, 2.24) is 26.2 Å². The number of amides is 6. The van der Waals surface area contributed by atoms with Gasteiger partial charge in [-0.2, -0.15) is 0 Å². The number of nitrogens with two attached hydrogens (primary N) is 1. The molecule has 16 heteroatoms. The third-order valence-electron chi connectivity index (χ3n) is 10.5. The normalized spacial score (nSPS) is 18.1. The molecule has 1 heterocycles. The van der Waals surface area contributed by atoms with Crippen LogP contribution in [-0.2, 0) is 33.5 Å². The standard InChI is InChI=1S/C43H62N6O10/c1-8-59-33(50)21-15-14-20-30(45-37(52)28-18-12-13-19-29(28)42(57)58)38(53)48-35(43(5,6)7)41(56)49-24-26(4)23-32(49)40(55)46-31(22-25(2)3)39(54)47-34(36(44)51)27-16-10-9-11-17-27/h12-13,15,18-19,21,25,27,30-32,34-35H,4,8-11,14,16-17,20,22-24H2,1-3,5-7H3,(H2,44,51)(H,45,52)(H,46,55)(H,47,54)(H,48,53)(H,57,58)/b21-15+/t30-,31-,32-,34-,35+/m0/s1. The average Bonchev–Trinajstić information content (AvgIpc) is 3.57. The second-order valence-corrected chi connectivity index (χ2v) is 16.8. The van der Waals surface area contributed by atoms with E-state index in [1.165, 1.54) is 41.3 Å². The minimum Gasteiger partial charge on any atom is -0.478 e. The van der Waals surface area contributed by atoms with Crippen molar-refractivity contribution >= 4 is 47.4 Å². The van der Waals surface area contributed by atoms with Gasteiger partial charge in [0.2, 0.25) is 29.5 Å². The van der Waals surface area contributed by atoms with Crippen molar-refractivity contribution in [2.24, 2.45) is 23.0 Å². The van der Waals surface area contributed by atoms with Gasteiger partial charge in [-0.3, -0.25) is 28.8 Å². The first-order valence-corrected chi connectivity index (χ1v) is 20.4. The number of rotatable bonds is 19. The largest absolute Gasteiger partial charge is 0.478 e. The van der Waals surface area contributed by atoms with Crippen LogP contribution in [0.25, 0.3) is 0 Å². The van der Waals surface area contributed by atoms with Gasteiger partial charge in [0.15, 0.2) is 0 Å². The number of hydrogen-bond donors (Lipinski definition) is 6. The van der Waals surface area contributed by atoms with E-state index in [0.717, 1.165) is 32.1 Å².